The maximum Gasteiger partial charge on any atom is 0.317 e. The average molecular weight is 395 g/mol. The van der Waals surface area contributed by atoms with Crippen LogP contribution in [0.5, 0.6) is 0 Å². The monoisotopic (exact) mass is 395 g/mol. The SMILES string of the molecule is O=C(NCc1ccccc1)N1CCC2(CCC(=O)N2Cc2ccc(F)cc2)CC1. The topological polar surface area (TPSA) is 52.7 Å². The quantitative estimate of drug-likeness (QED) is 0.858. The minimum Gasteiger partial charge on any atom is -0.334 e. The second-order valence-electron chi connectivity index (χ2n) is 7.96. The van der Waals surface area contributed by atoms with Gasteiger partial charge in [0.25, 0.3) is 0 Å². The second kappa shape index (κ2) is 8.23. The van der Waals surface area contributed by atoms with Crippen molar-refractivity contribution < 1.29 is 14.0 Å². The second-order valence-corrected chi connectivity index (χ2v) is 7.96. The highest BCUT2D eigenvalue weighted by Crippen LogP contribution is 2.40. The molecule has 0 radical (unpaired) electrons. The molecule has 29 heavy (non-hydrogen) atoms. The number of benzene rings is 2. The summed E-state index contributed by atoms with van der Waals surface area (Å²) < 4.78 is 13.2. The van der Waals surface area contributed by atoms with Gasteiger partial charge in [0.05, 0.1) is 0 Å². The molecule has 0 bridgehead atoms. The Morgan fingerprint density at radius 2 is 1.66 bits per heavy atom. The highest BCUT2D eigenvalue weighted by Gasteiger charge is 2.47. The number of likely N-dealkylation sites (tertiary alicyclic amines) is 2. The van der Waals surface area contributed by atoms with Crippen molar-refractivity contribution in [2.24, 2.45) is 0 Å². The van der Waals surface area contributed by atoms with Crippen LogP contribution in [0.25, 0.3) is 0 Å². The first kappa shape index (κ1) is 19.4. The molecule has 2 heterocycles. The summed E-state index contributed by atoms with van der Waals surface area (Å²) >= 11 is 0. The number of nitrogens with one attached hydrogen (secondary N) is 1. The van der Waals surface area contributed by atoms with Crippen molar-refractivity contribution in [3.05, 3.63) is 71.5 Å². The van der Waals surface area contributed by atoms with Gasteiger partial charge in [-0.1, -0.05) is 42.5 Å². The first-order valence-electron chi connectivity index (χ1n) is 10.2. The molecule has 2 fully saturated rings. The van der Waals surface area contributed by atoms with Crippen LogP contribution in [-0.4, -0.2) is 40.4 Å². The Morgan fingerprint density at radius 1 is 0.966 bits per heavy atom. The van der Waals surface area contributed by atoms with Crippen LogP contribution in [0, 0.1) is 5.82 Å². The van der Waals surface area contributed by atoms with E-state index in [1.807, 2.05) is 40.1 Å². The minimum atomic E-state index is -0.272. The molecule has 2 aliphatic heterocycles. The van der Waals surface area contributed by atoms with Gasteiger partial charge >= 0.3 is 6.03 Å². The highest BCUT2D eigenvalue weighted by molar-refractivity contribution is 5.80. The number of hydrogen-bond acceptors (Lipinski definition) is 2. The molecular weight excluding hydrogens is 369 g/mol. The number of rotatable bonds is 4. The van der Waals surface area contributed by atoms with Gasteiger partial charge in [0.15, 0.2) is 0 Å². The summed E-state index contributed by atoms with van der Waals surface area (Å²) in [5.41, 5.74) is 1.81. The lowest BCUT2D eigenvalue weighted by molar-refractivity contribution is -0.133. The largest absolute Gasteiger partial charge is 0.334 e. The van der Waals surface area contributed by atoms with Crippen LogP contribution >= 0.6 is 0 Å². The van der Waals surface area contributed by atoms with Crippen LogP contribution in [-0.2, 0) is 17.9 Å². The summed E-state index contributed by atoms with van der Waals surface area (Å²) in [5.74, 6) is -0.123. The molecule has 0 saturated carbocycles. The first-order chi connectivity index (χ1) is 14.1. The molecule has 2 aromatic carbocycles. The van der Waals surface area contributed by atoms with Gasteiger partial charge in [-0.25, -0.2) is 9.18 Å². The fourth-order valence-electron chi connectivity index (χ4n) is 4.43. The zero-order valence-corrected chi connectivity index (χ0v) is 16.4. The molecule has 5 nitrogen and oxygen atoms in total. The van der Waals surface area contributed by atoms with E-state index in [-0.39, 0.29) is 23.3 Å². The average Bonchev–Trinajstić information content (AvgIpc) is 3.04. The van der Waals surface area contributed by atoms with E-state index in [9.17, 15) is 14.0 Å². The lowest BCUT2D eigenvalue weighted by Crippen LogP contribution is -2.55. The molecule has 2 saturated heterocycles. The van der Waals surface area contributed by atoms with Gasteiger partial charge < -0.3 is 15.1 Å². The number of piperidine rings is 1. The predicted octanol–water partition coefficient (Wildman–Crippen LogP) is 3.69. The normalized spacial score (nSPS) is 18.3. The van der Waals surface area contributed by atoms with Crippen LogP contribution in [0.15, 0.2) is 54.6 Å². The van der Waals surface area contributed by atoms with Crippen LogP contribution in [0.3, 0.4) is 0 Å². The van der Waals surface area contributed by atoms with E-state index in [1.54, 1.807) is 12.1 Å². The third-order valence-corrected chi connectivity index (χ3v) is 6.20. The van der Waals surface area contributed by atoms with Crippen molar-refractivity contribution >= 4 is 11.9 Å². The van der Waals surface area contributed by atoms with Crippen molar-refractivity contribution in [3.63, 3.8) is 0 Å². The Kier molecular flexibility index (Phi) is 5.51. The van der Waals surface area contributed by atoms with Crippen molar-refractivity contribution in [3.8, 4) is 0 Å². The molecule has 152 valence electrons. The van der Waals surface area contributed by atoms with Crippen molar-refractivity contribution in [1.82, 2.24) is 15.1 Å². The van der Waals surface area contributed by atoms with Gasteiger partial charge in [-0.05, 0) is 42.5 Å². The number of carbonyl (C=O) groups is 2. The van der Waals surface area contributed by atoms with Crippen LogP contribution < -0.4 is 5.32 Å². The van der Waals surface area contributed by atoms with E-state index < -0.39 is 0 Å². The van der Waals surface area contributed by atoms with E-state index in [0.29, 0.717) is 32.6 Å². The molecule has 0 unspecified atom stereocenters. The van der Waals surface area contributed by atoms with Crippen molar-refractivity contribution in [2.75, 3.05) is 13.1 Å². The molecule has 6 heteroatoms. The molecule has 0 aliphatic carbocycles. The Bertz CT molecular complexity index is 861. The summed E-state index contributed by atoms with van der Waals surface area (Å²) in [4.78, 5) is 28.9. The molecule has 1 spiro atoms. The number of amides is 3. The van der Waals surface area contributed by atoms with Gasteiger partial charge in [0.2, 0.25) is 5.91 Å². The molecule has 3 amide bonds. The maximum atomic E-state index is 13.2. The number of nitrogens with zero attached hydrogens (tertiary/aromatic N) is 2. The Hall–Kier alpha value is -2.89. The van der Waals surface area contributed by atoms with Gasteiger partial charge in [-0.3, -0.25) is 4.79 Å². The molecule has 0 aromatic heterocycles. The Morgan fingerprint density at radius 3 is 2.34 bits per heavy atom. The first-order valence-corrected chi connectivity index (χ1v) is 10.2. The maximum absolute atomic E-state index is 13.2. The fraction of sp³-hybridized carbons (Fsp3) is 0.391. The molecule has 1 N–H and O–H groups in total. The predicted molar refractivity (Wildman–Crippen MR) is 108 cm³/mol. The number of hydrogen-bond donors (Lipinski definition) is 1. The lowest BCUT2D eigenvalue weighted by Gasteiger charge is -2.45. The molecule has 0 atom stereocenters. The standard InChI is InChI=1S/C23H26FN3O2/c24-20-8-6-19(7-9-20)17-27-21(28)10-11-23(27)12-14-26(15-13-23)22(29)25-16-18-4-2-1-3-5-18/h1-9H,10-17H2,(H,25,29). The van der Waals surface area contributed by atoms with Crippen LogP contribution in [0.4, 0.5) is 9.18 Å². The van der Waals surface area contributed by atoms with Gasteiger partial charge in [-0.2, -0.15) is 0 Å². The zero-order valence-electron chi connectivity index (χ0n) is 16.4. The van der Waals surface area contributed by atoms with Gasteiger partial charge in [0, 0.05) is 38.1 Å². The van der Waals surface area contributed by atoms with Gasteiger partial charge in [0.1, 0.15) is 5.82 Å². The highest BCUT2D eigenvalue weighted by atomic mass is 19.1. The van der Waals surface area contributed by atoms with Crippen LogP contribution in [0.2, 0.25) is 0 Å². The summed E-state index contributed by atoms with van der Waals surface area (Å²) in [6.45, 7) is 2.28. The number of halogens is 1. The van der Waals surface area contributed by atoms with E-state index in [4.69, 9.17) is 0 Å². The summed E-state index contributed by atoms with van der Waals surface area (Å²) in [7, 11) is 0. The van der Waals surface area contributed by atoms with E-state index >= 15 is 0 Å². The fourth-order valence-corrected chi connectivity index (χ4v) is 4.43. The third-order valence-electron chi connectivity index (χ3n) is 6.20. The van der Waals surface area contributed by atoms with Crippen LogP contribution in [0.1, 0.15) is 36.8 Å². The van der Waals surface area contributed by atoms with Crippen molar-refractivity contribution in [1.29, 1.82) is 0 Å². The number of urea groups is 1. The summed E-state index contributed by atoms with van der Waals surface area (Å²) in [6.07, 6.45) is 2.92. The van der Waals surface area contributed by atoms with Gasteiger partial charge in [-0.15, -0.1) is 0 Å². The molecule has 4 rings (SSSR count). The summed E-state index contributed by atoms with van der Waals surface area (Å²) in [5, 5.41) is 2.98. The van der Waals surface area contributed by atoms with E-state index in [0.717, 1.165) is 30.4 Å². The lowest BCUT2D eigenvalue weighted by atomic mass is 9.85. The Balaban J connectivity index is 1.35. The third kappa shape index (κ3) is 4.26. The summed E-state index contributed by atoms with van der Waals surface area (Å²) in [6, 6.07) is 16.1. The number of carbonyl (C=O) groups excluding carboxylic acids is 2. The molecule has 2 aromatic rings. The zero-order chi connectivity index (χ0) is 20.3. The smallest absolute Gasteiger partial charge is 0.317 e. The minimum absolute atomic E-state index is 0.0573. The van der Waals surface area contributed by atoms with E-state index in [1.165, 1.54) is 12.1 Å². The molecule has 2 aliphatic rings. The Labute approximate surface area is 170 Å². The van der Waals surface area contributed by atoms with E-state index in [2.05, 4.69) is 5.32 Å². The van der Waals surface area contributed by atoms with Crippen molar-refractivity contribution in [2.45, 2.75) is 44.3 Å². The molecular formula is C23H26FN3O2.